The van der Waals surface area contributed by atoms with E-state index in [4.69, 9.17) is 18.7 Å². The average Bonchev–Trinajstić information content (AvgIpc) is 3.35. The molecule has 8 nitrogen and oxygen atoms in total. The van der Waals surface area contributed by atoms with Crippen LogP contribution in [0.3, 0.4) is 0 Å². The number of esters is 1. The van der Waals surface area contributed by atoms with Crippen LogP contribution >= 0.6 is 0 Å². The van der Waals surface area contributed by atoms with Crippen molar-refractivity contribution >= 4 is 18.1 Å². The predicted octanol–water partition coefficient (Wildman–Crippen LogP) is 4.99. The average molecular weight is 458 g/mol. The van der Waals surface area contributed by atoms with Gasteiger partial charge in [-0.3, -0.25) is 0 Å². The lowest BCUT2D eigenvalue weighted by Gasteiger charge is -2.11. The molecule has 3 aromatic carbocycles. The summed E-state index contributed by atoms with van der Waals surface area (Å²) in [5.74, 6) is 1.73. The lowest BCUT2D eigenvalue weighted by molar-refractivity contribution is 0.0600. The molecule has 1 heterocycles. The first-order chi connectivity index (χ1) is 16.6. The Hall–Kier alpha value is -4.59. The van der Waals surface area contributed by atoms with Gasteiger partial charge in [-0.25, -0.2) is 4.79 Å². The molecule has 0 atom stereocenters. The fourth-order valence-corrected chi connectivity index (χ4v) is 3.12. The van der Waals surface area contributed by atoms with Crippen LogP contribution in [-0.4, -0.2) is 35.4 Å². The quantitative estimate of drug-likeness (QED) is 0.369. The van der Waals surface area contributed by atoms with Gasteiger partial charge in [0.05, 0.1) is 19.8 Å². The Labute approximate surface area is 196 Å². The third kappa shape index (κ3) is 5.42. The molecule has 34 heavy (non-hydrogen) atoms. The van der Waals surface area contributed by atoms with Crippen molar-refractivity contribution in [2.45, 2.75) is 6.61 Å². The third-order valence-corrected chi connectivity index (χ3v) is 4.94. The van der Waals surface area contributed by atoms with Crippen molar-refractivity contribution in [1.29, 1.82) is 0 Å². The lowest BCUT2D eigenvalue weighted by Crippen LogP contribution is -2.02. The van der Waals surface area contributed by atoms with E-state index in [0.717, 1.165) is 16.7 Å². The second kappa shape index (κ2) is 10.4. The molecular weight excluding hydrogens is 436 g/mol. The number of phenolic OH excluding ortho intramolecular Hbond substituents is 1. The fourth-order valence-electron chi connectivity index (χ4n) is 3.12. The largest absolute Gasteiger partial charge is 0.508 e. The summed E-state index contributed by atoms with van der Waals surface area (Å²) in [5.41, 5.74) is 2.98. The van der Waals surface area contributed by atoms with Gasteiger partial charge in [-0.05, 0) is 65.7 Å². The first-order valence-corrected chi connectivity index (χ1v) is 10.3. The number of rotatable bonds is 8. The molecule has 0 spiro atoms. The van der Waals surface area contributed by atoms with E-state index in [1.165, 1.54) is 7.11 Å². The summed E-state index contributed by atoms with van der Waals surface area (Å²) in [6.07, 6.45) is 3.53. The number of nitrogens with zero attached hydrogens (tertiary/aromatic N) is 2. The number of benzene rings is 3. The van der Waals surface area contributed by atoms with Crippen LogP contribution in [0.1, 0.15) is 27.4 Å². The number of aromatic hydroxyl groups is 1. The fraction of sp³-hybridized carbons (Fsp3) is 0.115. The van der Waals surface area contributed by atoms with Gasteiger partial charge in [0.25, 0.3) is 5.89 Å². The molecule has 1 N–H and O–H groups in total. The summed E-state index contributed by atoms with van der Waals surface area (Å²) in [5, 5.41) is 13.4. The van der Waals surface area contributed by atoms with E-state index >= 15 is 0 Å². The van der Waals surface area contributed by atoms with Crippen molar-refractivity contribution in [2.24, 2.45) is 0 Å². The molecule has 4 rings (SSSR count). The summed E-state index contributed by atoms with van der Waals surface area (Å²) in [6, 6.07) is 19.1. The van der Waals surface area contributed by atoms with E-state index in [1.54, 1.807) is 49.6 Å². The van der Waals surface area contributed by atoms with Crippen molar-refractivity contribution in [3.8, 4) is 28.6 Å². The maximum Gasteiger partial charge on any atom is 0.337 e. The summed E-state index contributed by atoms with van der Waals surface area (Å²) in [4.78, 5) is 15.9. The molecule has 0 bridgehead atoms. The van der Waals surface area contributed by atoms with Crippen LogP contribution < -0.4 is 9.47 Å². The molecule has 8 heteroatoms. The number of phenols is 1. The van der Waals surface area contributed by atoms with Crippen LogP contribution in [0.4, 0.5) is 0 Å². The number of ether oxygens (including phenoxy) is 3. The molecule has 172 valence electrons. The minimum absolute atomic E-state index is 0.171. The molecule has 0 aliphatic carbocycles. The second-order valence-corrected chi connectivity index (χ2v) is 7.22. The highest BCUT2D eigenvalue weighted by Crippen LogP contribution is 2.30. The van der Waals surface area contributed by atoms with E-state index in [1.807, 2.05) is 36.4 Å². The van der Waals surface area contributed by atoms with Gasteiger partial charge in [0.1, 0.15) is 12.4 Å². The van der Waals surface area contributed by atoms with Crippen molar-refractivity contribution in [3.63, 3.8) is 0 Å². The highest BCUT2D eigenvalue weighted by molar-refractivity contribution is 5.89. The zero-order valence-electron chi connectivity index (χ0n) is 18.6. The molecular formula is C26H22N2O6. The molecule has 4 aromatic rings. The van der Waals surface area contributed by atoms with Gasteiger partial charge < -0.3 is 23.8 Å². The zero-order chi connectivity index (χ0) is 23.9. The summed E-state index contributed by atoms with van der Waals surface area (Å²) >= 11 is 0. The molecule has 0 radical (unpaired) electrons. The second-order valence-electron chi connectivity index (χ2n) is 7.22. The van der Waals surface area contributed by atoms with E-state index in [0.29, 0.717) is 35.4 Å². The van der Waals surface area contributed by atoms with Gasteiger partial charge >= 0.3 is 5.97 Å². The minimum Gasteiger partial charge on any atom is -0.508 e. The monoisotopic (exact) mass is 458 g/mol. The Bertz CT molecular complexity index is 1290. The number of aromatic nitrogens is 2. The number of carbonyl (C=O) groups excluding carboxylic acids is 1. The molecule has 0 unspecified atom stereocenters. The Morgan fingerprint density at radius 1 is 0.971 bits per heavy atom. The molecule has 0 amide bonds. The van der Waals surface area contributed by atoms with Crippen molar-refractivity contribution in [2.75, 3.05) is 14.2 Å². The Morgan fingerprint density at radius 3 is 2.44 bits per heavy atom. The van der Waals surface area contributed by atoms with Gasteiger partial charge in [0.15, 0.2) is 11.5 Å². The van der Waals surface area contributed by atoms with Gasteiger partial charge in [-0.2, -0.15) is 4.98 Å². The summed E-state index contributed by atoms with van der Waals surface area (Å²) in [7, 11) is 2.92. The maximum absolute atomic E-state index is 11.5. The maximum atomic E-state index is 11.5. The predicted molar refractivity (Wildman–Crippen MR) is 125 cm³/mol. The third-order valence-electron chi connectivity index (χ3n) is 4.94. The van der Waals surface area contributed by atoms with Crippen LogP contribution in [-0.2, 0) is 11.3 Å². The van der Waals surface area contributed by atoms with Gasteiger partial charge in [-0.15, -0.1) is 0 Å². The Kier molecular flexibility index (Phi) is 6.88. The number of hydrogen-bond donors (Lipinski definition) is 1. The Morgan fingerprint density at radius 2 is 1.74 bits per heavy atom. The minimum atomic E-state index is -0.380. The highest BCUT2D eigenvalue weighted by Gasteiger charge is 2.09. The molecule has 1 aromatic heterocycles. The van der Waals surface area contributed by atoms with Gasteiger partial charge in [0, 0.05) is 11.6 Å². The van der Waals surface area contributed by atoms with Crippen molar-refractivity contribution < 1.29 is 28.6 Å². The molecule has 0 saturated heterocycles. The van der Waals surface area contributed by atoms with Gasteiger partial charge in [-0.1, -0.05) is 23.4 Å². The molecule has 0 aliphatic rings. The number of methoxy groups -OCH3 is 2. The lowest BCUT2D eigenvalue weighted by atomic mass is 10.1. The van der Waals surface area contributed by atoms with Crippen molar-refractivity contribution in [1.82, 2.24) is 10.1 Å². The van der Waals surface area contributed by atoms with Crippen LogP contribution in [0, 0.1) is 0 Å². The molecule has 0 fully saturated rings. The van der Waals surface area contributed by atoms with E-state index in [2.05, 4.69) is 10.1 Å². The van der Waals surface area contributed by atoms with Gasteiger partial charge in [0.2, 0.25) is 5.82 Å². The number of carbonyl (C=O) groups is 1. The van der Waals surface area contributed by atoms with E-state index in [9.17, 15) is 9.90 Å². The van der Waals surface area contributed by atoms with Crippen molar-refractivity contribution in [3.05, 3.63) is 89.3 Å². The first-order valence-electron chi connectivity index (χ1n) is 10.3. The summed E-state index contributed by atoms with van der Waals surface area (Å²) in [6.45, 7) is 0.315. The summed E-state index contributed by atoms with van der Waals surface area (Å²) < 4.78 is 21.3. The SMILES string of the molecule is COC(=O)c1ccc(COc2ccc(C=Cc3nc(-c4ccc(O)cc4)no3)cc2OC)cc1. The number of hydrogen-bond acceptors (Lipinski definition) is 8. The van der Waals surface area contributed by atoms with Crippen LogP contribution in [0.5, 0.6) is 17.2 Å². The van der Waals surface area contributed by atoms with Crippen LogP contribution in [0.2, 0.25) is 0 Å². The normalized spacial score (nSPS) is 10.9. The topological polar surface area (TPSA) is 104 Å². The van der Waals surface area contributed by atoms with E-state index < -0.39 is 0 Å². The molecule has 0 aliphatic heterocycles. The van der Waals surface area contributed by atoms with Crippen LogP contribution in [0.25, 0.3) is 23.5 Å². The standard InChI is InChI=1S/C26H22N2O6/c1-31-23-15-17(6-14-24-27-25(28-34-24)19-9-11-21(29)12-10-19)5-13-22(23)33-16-18-3-7-20(8-4-18)26(30)32-2/h3-15,29H,16H2,1-2H3. The Balaban J connectivity index is 1.41. The van der Waals surface area contributed by atoms with E-state index in [-0.39, 0.29) is 11.7 Å². The molecule has 0 saturated carbocycles. The highest BCUT2D eigenvalue weighted by atomic mass is 16.5. The van der Waals surface area contributed by atoms with Crippen LogP contribution in [0.15, 0.2) is 71.3 Å². The smallest absolute Gasteiger partial charge is 0.337 e. The zero-order valence-corrected chi connectivity index (χ0v) is 18.6. The first kappa shape index (κ1) is 22.6.